The molecule has 0 unspecified atom stereocenters. The lowest BCUT2D eigenvalue weighted by Gasteiger charge is -2.26. The minimum Gasteiger partial charge on any atom is -0.394 e. The lowest BCUT2D eigenvalue weighted by molar-refractivity contribution is 0.0654. The molecule has 0 radical (unpaired) electrons. The number of aliphatic hydroxyl groups is 1. The maximum absolute atomic E-state index is 12.5. The number of amides is 2. The third kappa shape index (κ3) is 4.24. The summed E-state index contributed by atoms with van der Waals surface area (Å²) in [4.78, 5) is 14.3. The van der Waals surface area contributed by atoms with Crippen LogP contribution in [0.25, 0.3) is 0 Å². The van der Waals surface area contributed by atoms with Crippen LogP contribution < -0.4 is 5.32 Å². The fraction of sp³-hybridized carbons (Fsp3) is 0.611. The van der Waals surface area contributed by atoms with Crippen molar-refractivity contribution in [3.05, 3.63) is 29.3 Å². The van der Waals surface area contributed by atoms with Gasteiger partial charge in [-0.15, -0.1) is 0 Å². The second kappa shape index (κ2) is 7.79. The summed E-state index contributed by atoms with van der Waals surface area (Å²) in [5.41, 5.74) is 2.90. The van der Waals surface area contributed by atoms with Crippen molar-refractivity contribution in [2.45, 2.75) is 52.9 Å². The molecule has 1 heterocycles. The number of nitrogens with one attached hydrogen (secondary N) is 1. The first kappa shape index (κ1) is 17.8. The number of hydrogen-bond acceptors (Lipinski definition) is 3. The molecule has 0 aliphatic carbocycles. The molecule has 0 spiro atoms. The summed E-state index contributed by atoms with van der Waals surface area (Å²) < 4.78 is 5.66. The minimum absolute atomic E-state index is 0.00976. The van der Waals surface area contributed by atoms with E-state index in [9.17, 15) is 9.90 Å². The van der Waals surface area contributed by atoms with Crippen molar-refractivity contribution in [3.8, 4) is 0 Å². The van der Waals surface area contributed by atoms with Crippen LogP contribution in [0.2, 0.25) is 0 Å². The Kier molecular flexibility index (Phi) is 6.02. The van der Waals surface area contributed by atoms with Crippen LogP contribution >= 0.6 is 0 Å². The van der Waals surface area contributed by atoms with E-state index < -0.39 is 0 Å². The van der Waals surface area contributed by atoms with Gasteiger partial charge in [0.1, 0.15) is 0 Å². The number of anilines is 1. The largest absolute Gasteiger partial charge is 0.394 e. The predicted octanol–water partition coefficient (Wildman–Crippen LogP) is 3.15. The minimum atomic E-state index is -0.140. The normalized spacial score (nSPS) is 21.0. The molecule has 0 bridgehead atoms. The van der Waals surface area contributed by atoms with E-state index in [2.05, 4.69) is 12.2 Å². The molecule has 1 aromatic carbocycles. The van der Waals surface area contributed by atoms with Gasteiger partial charge >= 0.3 is 6.03 Å². The number of benzene rings is 1. The number of ether oxygens (including phenoxy) is 1. The molecule has 1 saturated heterocycles. The average Bonchev–Trinajstić information content (AvgIpc) is 2.88. The van der Waals surface area contributed by atoms with Gasteiger partial charge in [-0.05, 0) is 50.3 Å². The molecular weight excluding hydrogens is 292 g/mol. The zero-order chi connectivity index (χ0) is 17.0. The van der Waals surface area contributed by atoms with Crippen LogP contribution in [0.4, 0.5) is 10.5 Å². The highest BCUT2D eigenvalue weighted by atomic mass is 16.5. The Hall–Kier alpha value is -1.59. The van der Waals surface area contributed by atoms with Crippen LogP contribution in [0, 0.1) is 12.8 Å². The second-order valence-electron chi connectivity index (χ2n) is 6.59. The van der Waals surface area contributed by atoms with Gasteiger partial charge in [-0.2, -0.15) is 0 Å². The zero-order valence-electron chi connectivity index (χ0n) is 14.5. The summed E-state index contributed by atoms with van der Waals surface area (Å²) in [5.74, 6) is 0.331. The van der Waals surface area contributed by atoms with E-state index >= 15 is 0 Å². The Labute approximate surface area is 138 Å². The maximum atomic E-state index is 12.5. The van der Waals surface area contributed by atoms with Crippen molar-refractivity contribution >= 4 is 11.7 Å². The molecule has 1 aliphatic rings. The van der Waals surface area contributed by atoms with E-state index in [1.165, 1.54) is 0 Å². The smallest absolute Gasteiger partial charge is 0.322 e. The lowest BCUT2D eigenvalue weighted by atomic mass is 10.0. The van der Waals surface area contributed by atoms with Crippen LogP contribution in [0.3, 0.4) is 0 Å². The Balaban J connectivity index is 2.08. The predicted molar refractivity (Wildman–Crippen MR) is 91.5 cm³/mol. The molecular formula is C18H28N2O3. The summed E-state index contributed by atoms with van der Waals surface area (Å²) in [6, 6.07) is 5.61. The molecule has 5 heteroatoms. The zero-order valence-corrected chi connectivity index (χ0v) is 14.5. The fourth-order valence-electron chi connectivity index (χ4n) is 2.96. The number of likely N-dealkylation sites (tertiary alicyclic amines) is 1. The molecule has 2 rings (SSSR count). The highest BCUT2D eigenvalue weighted by Gasteiger charge is 2.33. The van der Waals surface area contributed by atoms with Gasteiger partial charge in [0.2, 0.25) is 0 Å². The van der Waals surface area contributed by atoms with Crippen molar-refractivity contribution in [1.82, 2.24) is 4.90 Å². The number of aliphatic hydroxyl groups excluding tert-OH is 1. The number of hydrogen-bond donors (Lipinski definition) is 2. The summed E-state index contributed by atoms with van der Waals surface area (Å²) >= 11 is 0. The summed E-state index contributed by atoms with van der Waals surface area (Å²) in [7, 11) is 0. The van der Waals surface area contributed by atoms with Gasteiger partial charge in [0.25, 0.3) is 0 Å². The molecule has 0 aromatic heterocycles. The van der Waals surface area contributed by atoms with Crippen molar-refractivity contribution in [2.24, 2.45) is 5.92 Å². The van der Waals surface area contributed by atoms with Crippen LogP contribution in [0.1, 0.15) is 38.3 Å². The van der Waals surface area contributed by atoms with E-state index in [0.717, 1.165) is 23.2 Å². The van der Waals surface area contributed by atoms with Crippen LogP contribution in [0.15, 0.2) is 18.2 Å². The Morgan fingerprint density at radius 2 is 2.22 bits per heavy atom. The highest BCUT2D eigenvalue weighted by Crippen LogP contribution is 2.26. The lowest BCUT2D eigenvalue weighted by Crippen LogP contribution is -2.42. The first-order chi connectivity index (χ1) is 10.9. The quantitative estimate of drug-likeness (QED) is 0.876. The first-order valence-electron chi connectivity index (χ1n) is 8.32. The molecule has 1 aliphatic heterocycles. The van der Waals surface area contributed by atoms with E-state index in [1.54, 1.807) is 4.90 Å². The van der Waals surface area contributed by atoms with Crippen molar-refractivity contribution in [2.75, 3.05) is 18.5 Å². The molecule has 2 N–H and O–H groups in total. The maximum Gasteiger partial charge on any atom is 0.322 e. The van der Waals surface area contributed by atoms with E-state index in [-0.39, 0.29) is 24.8 Å². The highest BCUT2D eigenvalue weighted by molar-refractivity contribution is 5.90. The fourth-order valence-corrected chi connectivity index (χ4v) is 2.96. The van der Waals surface area contributed by atoms with Crippen LogP contribution in [0.5, 0.6) is 0 Å². The number of nitrogens with zero attached hydrogens (tertiary/aromatic N) is 1. The average molecular weight is 320 g/mol. The van der Waals surface area contributed by atoms with Crippen LogP contribution in [-0.2, 0) is 11.3 Å². The Morgan fingerprint density at radius 1 is 1.48 bits per heavy atom. The molecule has 1 aromatic rings. The molecule has 0 saturated carbocycles. The summed E-state index contributed by atoms with van der Waals surface area (Å²) in [6.45, 7) is 9.31. The van der Waals surface area contributed by atoms with Gasteiger partial charge < -0.3 is 20.1 Å². The van der Waals surface area contributed by atoms with E-state index in [0.29, 0.717) is 19.1 Å². The number of carbonyl (C=O) groups excluding carboxylic acids is 1. The van der Waals surface area contributed by atoms with Gasteiger partial charge in [0.15, 0.2) is 0 Å². The SMILES string of the molecule is Cc1c(COC(C)C)cccc1NC(=O)N1CC[C@H](C)[C@H]1CO. The summed E-state index contributed by atoms with van der Waals surface area (Å²) in [5, 5.41) is 12.5. The number of urea groups is 1. The second-order valence-corrected chi connectivity index (χ2v) is 6.59. The van der Waals surface area contributed by atoms with E-state index in [4.69, 9.17) is 4.74 Å². The van der Waals surface area contributed by atoms with Gasteiger partial charge in [-0.3, -0.25) is 0 Å². The molecule has 2 atom stereocenters. The third-order valence-electron chi connectivity index (χ3n) is 4.59. The van der Waals surface area contributed by atoms with Crippen LogP contribution in [-0.4, -0.2) is 41.3 Å². The molecule has 23 heavy (non-hydrogen) atoms. The molecule has 1 fully saturated rings. The summed E-state index contributed by atoms with van der Waals surface area (Å²) in [6.07, 6.45) is 1.10. The monoisotopic (exact) mass is 320 g/mol. The van der Waals surface area contributed by atoms with Crippen molar-refractivity contribution in [3.63, 3.8) is 0 Å². The molecule has 2 amide bonds. The van der Waals surface area contributed by atoms with Gasteiger partial charge in [-0.1, -0.05) is 19.1 Å². The number of carbonyl (C=O) groups is 1. The van der Waals surface area contributed by atoms with E-state index in [1.807, 2.05) is 39.0 Å². The Morgan fingerprint density at radius 3 is 2.87 bits per heavy atom. The third-order valence-corrected chi connectivity index (χ3v) is 4.59. The number of rotatable bonds is 5. The molecule has 128 valence electrons. The first-order valence-corrected chi connectivity index (χ1v) is 8.32. The van der Waals surface area contributed by atoms with Gasteiger partial charge in [0, 0.05) is 12.2 Å². The Bertz CT molecular complexity index is 545. The standard InChI is InChI=1S/C18H28N2O3/c1-12(2)23-11-15-6-5-7-16(14(15)4)19-18(22)20-9-8-13(3)17(20)10-21/h5-7,12-13,17,21H,8-11H2,1-4H3,(H,19,22)/t13-,17+/m0/s1. The topological polar surface area (TPSA) is 61.8 Å². The van der Waals surface area contributed by atoms with Crippen molar-refractivity contribution in [1.29, 1.82) is 0 Å². The van der Waals surface area contributed by atoms with Gasteiger partial charge in [-0.25, -0.2) is 4.79 Å². The van der Waals surface area contributed by atoms with Crippen molar-refractivity contribution < 1.29 is 14.6 Å². The molecule has 5 nitrogen and oxygen atoms in total. The van der Waals surface area contributed by atoms with Gasteiger partial charge in [0.05, 0.1) is 25.4 Å².